The summed E-state index contributed by atoms with van der Waals surface area (Å²) >= 11 is 0. The normalized spacial score (nSPS) is 10.9. The zero-order chi connectivity index (χ0) is 13.8. The number of carboxylic acid groups (broad SMARTS) is 1. The molecule has 5 nitrogen and oxygen atoms in total. The van der Waals surface area contributed by atoms with Crippen LogP contribution in [0.1, 0.15) is 16.8 Å². The number of aromatic carboxylic acids is 1. The summed E-state index contributed by atoms with van der Waals surface area (Å²) in [5.74, 6) is -0.137. The summed E-state index contributed by atoms with van der Waals surface area (Å²) in [7, 11) is -4.10. The van der Waals surface area contributed by atoms with E-state index in [9.17, 15) is 17.6 Å². The summed E-state index contributed by atoms with van der Waals surface area (Å²) in [4.78, 5) is 9.98. The van der Waals surface area contributed by atoms with Gasteiger partial charge in [-0.2, -0.15) is 0 Å². The van der Waals surface area contributed by atoms with E-state index in [2.05, 4.69) is 10.6 Å². The molecule has 1 rings (SSSR count). The molecule has 0 saturated carbocycles. The first-order chi connectivity index (χ1) is 8.38. The van der Waals surface area contributed by atoms with Crippen molar-refractivity contribution in [2.45, 2.75) is 11.3 Å². The minimum atomic E-state index is -4.10. The number of benzene rings is 1. The van der Waals surface area contributed by atoms with Gasteiger partial charge in [-0.3, -0.25) is 0 Å². The molecule has 0 aliphatic heterocycles. The van der Waals surface area contributed by atoms with Crippen LogP contribution in [-0.2, 0) is 10.0 Å². The highest BCUT2D eigenvalue weighted by molar-refractivity contribution is 7.89. The Kier molecular flexibility index (Phi) is 4.42. The lowest BCUT2D eigenvalue weighted by Crippen LogP contribution is -2.25. The van der Waals surface area contributed by atoms with Crippen molar-refractivity contribution in [2.75, 3.05) is 6.54 Å². The molecule has 0 unspecified atom stereocenters. The Morgan fingerprint density at radius 2 is 2.17 bits per heavy atom. The number of carbonyl (C=O) groups is 1. The average Bonchev–Trinajstić information content (AvgIpc) is 2.29. The van der Waals surface area contributed by atoms with Gasteiger partial charge < -0.3 is 5.11 Å². The number of carboxylic acids is 1. The van der Waals surface area contributed by atoms with Crippen molar-refractivity contribution in [1.29, 1.82) is 0 Å². The minimum absolute atomic E-state index is 0.0461. The molecular formula is C11H10FNO4S. The number of rotatable bonds is 5. The quantitative estimate of drug-likeness (QED) is 0.613. The Labute approximate surface area is 104 Å². The molecule has 0 heterocycles. The molecule has 0 bridgehead atoms. The van der Waals surface area contributed by atoms with Crippen molar-refractivity contribution in [1.82, 2.24) is 4.72 Å². The zero-order valence-electron chi connectivity index (χ0n) is 9.18. The minimum Gasteiger partial charge on any atom is -0.478 e. The predicted molar refractivity (Wildman–Crippen MR) is 62.0 cm³/mol. The third-order valence-electron chi connectivity index (χ3n) is 2.03. The summed E-state index contributed by atoms with van der Waals surface area (Å²) < 4.78 is 38.8. The van der Waals surface area contributed by atoms with Crippen LogP contribution in [0, 0.1) is 18.2 Å². The maximum Gasteiger partial charge on any atom is 0.335 e. The molecule has 2 N–H and O–H groups in total. The van der Waals surface area contributed by atoms with Gasteiger partial charge in [0.2, 0.25) is 10.0 Å². The molecule has 0 radical (unpaired) electrons. The van der Waals surface area contributed by atoms with Crippen LogP contribution in [0.25, 0.3) is 0 Å². The van der Waals surface area contributed by atoms with E-state index in [1.54, 1.807) is 0 Å². The fourth-order valence-corrected chi connectivity index (χ4v) is 2.31. The van der Waals surface area contributed by atoms with Crippen molar-refractivity contribution < 1.29 is 22.7 Å². The van der Waals surface area contributed by atoms with Crippen LogP contribution in [0.2, 0.25) is 0 Å². The van der Waals surface area contributed by atoms with Crippen molar-refractivity contribution in [3.8, 4) is 12.3 Å². The van der Waals surface area contributed by atoms with Crippen LogP contribution >= 0.6 is 0 Å². The largest absolute Gasteiger partial charge is 0.478 e. The molecule has 0 aliphatic rings. The lowest BCUT2D eigenvalue weighted by atomic mass is 10.2. The van der Waals surface area contributed by atoms with Gasteiger partial charge in [0.05, 0.1) is 5.56 Å². The fraction of sp³-hybridized carbons (Fsp3) is 0.182. The third kappa shape index (κ3) is 3.29. The smallest absolute Gasteiger partial charge is 0.335 e. The van der Waals surface area contributed by atoms with Crippen LogP contribution < -0.4 is 4.72 Å². The molecule has 7 heteroatoms. The topological polar surface area (TPSA) is 83.5 Å². The summed E-state index contributed by atoms with van der Waals surface area (Å²) in [6.07, 6.45) is 5.11. The Hall–Kier alpha value is -1.91. The molecule has 0 aromatic heterocycles. The summed E-state index contributed by atoms with van der Waals surface area (Å²) in [6.45, 7) is -0.0461. The van der Waals surface area contributed by atoms with E-state index in [1.165, 1.54) is 0 Å². The van der Waals surface area contributed by atoms with Gasteiger partial charge in [-0.15, -0.1) is 12.3 Å². The number of terminal acetylenes is 1. The molecule has 1 aromatic rings. The Morgan fingerprint density at radius 3 is 2.72 bits per heavy atom. The van der Waals surface area contributed by atoms with E-state index >= 15 is 0 Å². The predicted octanol–water partition coefficient (Wildman–Crippen LogP) is 0.825. The Balaban J connectivity index is 3.12. The van der Waals surface area contributed by atoms with E-state index in [-0.39, 0.29) is 18.5 Å². The van der Waals surface area contributed by atoms with E-state index in [0.29, 0.717) is 0 Å². The van der Waals surface area contributed by atoms with Gasteiger partial charge in [0, 0.05) is 13.0 Å². The third-order valence-corrected chi connectivity index (χ3v) is 3.51. The molecule has 1 aromatic carbocycles. The first-order valence-corrected chi connectivity index (χ1v) is 6.33. The standard InChI is InChI=1S/C11H10FNO4S/c1-2-3-6-13-18(16,17)10-7-8(11(14)15)4-5-9(10)12/h1,4-5,7,13H,3,6H2,(H,14,15). The second-order valence-electron chi connectivity index (χ2n) is 3.30. The number of hydrogen-bond acceptors (Lipinski definition) is 3. The fourth-order valence-electron chi connectivity index (χ4n) is 1.18. The van der Waals surface area contributed by atoms with Crippen molar-refractivity contribution in [3.05, 3.63) is 29.6 Å². The lowest BCUT2D eigenvalue weighted by Gasteiger charge is -2.07. The average molecular weight is 271 g/mol. The van der Waals surface area contributed by atoms with Crippen LogP contribution in [0.15, 0.2) is 23.1 Å². The molecule has 0 amide bonds. The maximum atomic E-state index is 13.4. The number of halogens is 1. The Morgan fingerprint density at radius 1 is 1.50 bits per heavy atom. The first-order valence-electron chi connectivity index (χ1n) is 4.84. The van der Waals surface area contributed by atoms with E-state index in [0.717, 1.165) is 18.2 Å². The molecule has 18 heavy (non-hydrogen) atoms. The summed E-state index contributed by atoms with van der Waals surface area (Å²) in [5, 5.41) is 8.72. The molecule has 0 spiro atoms. The van der Waals surface area contributed by atoms with Crippen molar-refractivity contribution in [3.63, 3.8) is 0 Å². The van der Waals surface area contributed by atoms with E-state index in [1.807, 2.05) is 0 Å². The molecule has 0 saturated heterocycles. The Bertz CT molecular complexity index is 604. The second-order valence-corrected chi connectivity index (χ2v) is 5.04. The van der Waals surface area contributed by atoms with E-state index in [4.69, 9.17) is 11.5 Å². The van der Waals surface area contributed by atoms with Crippen molar-refractivity contribution >= 4 is 16.0 Å². The molecule has 96 valence electrons. The van der Waals surface area contributed by atoms with Crippen LogP contribution in [0.3, 0.4) is 0 Å². The van der Waals surface area contributed by atoms with Gasteiger partial charge in [0.1, 0.15) is 10.7 Å². The highest BCUT2D eigenvalue weighted by atomic mass is 32.2. The van der Waals surface area contributed by atoms with Gasteiger partial charge in [0.25, 0.3) is 0 Å². The zero-order valence-corrected chi connectivity index (χ0v) is 10.00. The lowest BCUT2D eigenvalue weighted by molar-refractivity contribution is 0.0696. The number of hydrogen-bond donors (Lipinski definition) is 2. The highest BCUT2D eigenvalue weighted by Gasteiger charge is 2.20. The van der Waals surface area contributed by atoms with Gasteiger partial charge >= 0.3 is 5.97 Å². The first kappa shape index (κ1) is 14.2. The van der Waals surface area contributed by atoms with Gasteiger partial charge in [-0.25, -0.2) is 22.3 Å². The van der Waals surface area contributed by atoms with Gasteiger partial charge in [-0.05, 0) is 18.2 Å². The maximum absolute atomic E-state index is 13.4. The summed E-state index contributed by atoms with van der Waals surface area (Å²) in [5.41, 5.74) is -0.311. The molecular weight excluding hydrogens is 261 g/mol. The highest BCUT2D eigenvalue weighted by Crippen LogP contribution is 2.16. The monoisotopic (exact) mass is 271 g/mol. The van der Waals surface area contributed by atoms with Crippen LogP contribution in [0.5, 0.6) is 0 Å². The number of nitrogens with one attached hydrogen (secondary N) is 1. The van der Waals surface area contributed by atoms with E-state index < -0.39 is 26.7 Å². The number of sulfonamides is 1. The molecule has 0 fully saturated rings. The van der Waals surface area contributed by atoms with Gasteiger partial charge in [-0.1, -0.05) is 0 Å². The van der Waals surface area contributed by atoms with Crippen LogP contribution in [-0.4, -0.2) is 26.0 Å². The molecule has 0 aliphatic carbocycles. The van der Waals surface area contributed by atoms with Crippen LogP contribution in [0.4, 0.5) is 4.39 Å². The SMILES string of the molecule is C#CCCNS(=O)(=O)c1cc(C(=O)O)ccc1F. The summed E-state index contributed by atoms with van der Waals surface area (Å²) in [6, 6.07) is 2.53. The van der Waals surface area contributed by atoms with Crippen molar-refractivity contribution in [2.24, 2.45) is 0 Å². The van der Waals surface area contributed by atoms with Gasteiger partial charge in [0.15, 0.2) is 0 Å². The molecule has 0 atom stereocenters. The second kappa shape index (κ2) is 5.62.